The predicted octanol–water partition coefficient (Wildman–Crippen LogP) is 4.46. The molecule has 1 aliphatic heterocycles. The van der Waals surface area contributed by atoms with Gasteiger partial charge in [-0.15, -0.1) is 0 Å². The first-order chi connectivity index (χ1) is 13.1. The van der Waals surface area contributed by atoms with E-state index in [1.807, 2.05) is 32.0 Å². The second kappa shape index (κ2) is 7.07. The molecule has 0 fully saturated rings. The Kier molecular flexibility index (Phi) is 4.46. The highest BCUT2D eigenvalue weighted by Gasteiger charge is 2.15. The molecule has 0 aliphatic carbocycles. The number of amides is 1. The third kappa shape index (κ3) is 3.60. The number of nitrogens with one attached hydrogen (secondary N) is 1. The first kappa shape index (κ1) is 17.0. The molecule has 0 spiro atoms. The smallest absolute Gasteiger partial charge is 0.291 e. The first-order valence-corrected chi connectivity index (χ1v) is 8.59. The van der Waals surface area contributed by atoms with Gasteiger partial charge in [0.25, 0.3) is 5.91 Å². The standard InChI is InChI=1S/C21H19NO5/c1-13-4-3-5-17(14(13)2)22-21(23)19-9-7-16(27-19)11-24-15-6-8-18-20(10-15)26-12-25-18/h3-10H,11-12H2,1-2H3,(H,22,23). The quantitative estimate of drug-likeness (QED) is 0.723. The van der Waals surface area contributed by atoms with Crippen LogP contribution in [-0.2, 0) is 6.61 Å². The van der Waals surface area contributed by atoms with Gasteiger partial charge in [0.05, 0.1) is 0 Å². The minimum Gasteiger partial charge on any atom is -0.486 e. The molecule has 0 unspecified atom stereocenters. The van der Waals surface area contributed by atoms with Gasteiger partial charge in [-0.3, -0.25) is 4.79 Å². The van der Waals surface area contributed by atoms with Crippen molar-refractivity contribution in [2.75, 3.05) is 12.1 Å². The van der Waals surface area contributed by atoms with Gasteiger partial charge in [0, 0.05) is 11.8 Å². The van der Waals surface area contributed by atoms with Crippen LogP contribution in [-0.4, -0.2) is 12.7 Å². The summed E-state index contributed by atoms with van der Waals surface area (Å²) in [6.45, 7) is 4.40. The number of furan rings is 1. The molecule has 1 aliphatic rings. The summed E-state index contributed by atoms with van der Waals surface area (Å²) in [5.41, 5.74) is 2.92. The number of ether oxygens (including phenoxy) is 3. The van der Waals surface area contributed by atoms with Crippen LogP contribution in [0, 0.1) is 13.8 Å². The average molecular weight is 365 g/mol. The van der Waals surface area contributed by atoms with Crippen LogP contribution in [0.5, 0.6) is 17.2 Å². The maximum Gasteiger partial charge on any atom is 0.291 e. The Bertz CT molecular complexity index is 992. The summed E-state index contributed by atoms with van der Waals surface area (Å²) in [5.74, 6) is 2.49. The fraction of sp³-hybridized carbons (Fsp3) is 0.190. The normalized spacial score (nSPS) is 12.1. The molecule has 2 aromatic carbocycles. The Hall–Kier alpha value is -3.41. The maximum atomic E-state index is 12.4. The van der Waals surface area contributed by atoms with Gasteiger partial charge in [-0.25, -0.2) is 0 Å². The number of carbonyl (C=O) groups is 1. The lowest BCUT2D eigenvalue weighted by Gasteiger charge is -2.09. The van der Waals surface area contributed by atoms with E-state index in [4.69, 9.17) is 18.6 Å². The van der Waals surface area contributed by atoms with Crippen molar-refractivity contribution in [1.82, 2.24) is 0 Å². The lowest BCUT2D eigenvalue weighted by Crippen LogP contribution is -2.12. The molecule has 1 aromatic heterocycles. The van der Waals surface area contributed by atoms with E-state index >= 15 is 0 Å². The molecule has 6 heteroatoms. The zero-order chi connectivity index (χ0) is 18.8. The summed E-state index contributed by atoms with van der Waals surface area (Å²) >= 11 is 0. The summed E-state index contributed by atoms with van der Waals surface area (Å²) in [6.07, 6.45) is 0. The number of anilines is 1. The average Bonchev–Trinajstić information content (AvgIpc) is 3.32. The predicted molar refractivity (Wildman–Crippen MR) is 99.5 cm³/mol. The van der Waals surface area contributed by atoms with Crippen molar-refractivity contribution >= 4 is 11.6 Å². The first-order valence-electron chi connectivity index (χ1n) is 8.59. The van der Waals surface area contributed by atoms with Crippen LogP contribution in [0.25, 0.3) is 0 Å². The minimum absolute atomic E-state index is 0.205. The van der Waals surface area contributed by atoms with Crippen LogP contribution in [0.3, 0.4) is 0 Å². The SMILES string of the molecule is Cc1cccc(NC(=O)c2ccc(COc3ccc4c(c3)OCO4)o2)c1C. The second-order valence-electron chi connectivity index (χ2n) is 6.27. The second-order valence-corrected chi connectivity index (χ2v) is 6.27. The molecule has 0 radical (unpaired) electrons. The molecule has 3 aromatic rings. The molecule has 4 rings (SSSR count). The van der Waals surface area contributed by atoms with Crippen molar-refractivity contribution in [2.24, 2.45) is 0 Å². The Morgan fingerprint density at radius 3 is 2.81 bits per heavy atom. The van der Waals surface area contributed by atoms with E-state index < -0.39 is 0 Å². The molecule has 1 amide bonds. The Balaban J connectivity index is 1.39. The Morgan fingerprint density at radius 1 is 1.07 bits per heavy atom. The zero-order valence-electron chi connectivity index (χ0n) is 15.1. The van der Waals surface area contributed by atoms with E-state index in [-0.39, 0.29) is 25.1 Å². The molecule has 0 saturated heterocycles. The maximum absolute atomic E-state index is 12.4. The molecule has 6 nitrogen and oxygen atoms in total. The highest BCUT2D eigenvalue weighted by Crippen LogP contribution is 2.35. The molecular formula is C21H19NO5. The van der Waals surface area contributed by atoms with Gasteiger partial charge in [0.15, 0.2) is 17.3 Å². The summed E-state index contributed by atoms with van der Waals surface area (Å²) in [6, 6.07) is 14.5. The molecule has 0 saturated carbocycles. The molecular weight excluding hydrogens is 346 g/mol. The summed E-state index contributed by atoms with van der Waals surface area (Å²) in [7, 11) is 0. The van der Waals surface area contributed by atoms with Crippen LogP contribution in [0.1, 0.15) is 27.4 Å². The van der Waals surface area contributed by atoms with Gasteiger partial charge in [-0.1, -0.05) is 12.1 Å². The van der Waals surface area contributed by atoms with E-state index in [1.54, 1.807) is 30.3 Å². The summed E-state index contributed by atoms with van der Waals surface area (Å²) in [4.78, 5) is 12.4. The number of aryl methyl sites for hydroxylation is 1. The van der Waals surface area contributed by atoms with E-state index in [0.29, 0.717) is 23.0 Å². The van der Waals surface area contributed by atoms with Gasteiger partial charge in [-0.2, -0.15) is 0 Å². The highest BCUT2D eigenvalue weighted by molar-refractivity contribution is 6.02. The molecule has 27 heavy (non-hydrogen) atoms. The topological polar surface area (TPSA) is 69.9 Å². The van der Waals surface area contributed by atoms with Crippen molar-refractivity contribution in [3.8, 4) is 17.2 Å². The van der Waals surface area contributed by atoms with Gasteiger partial charge in [-0.05, 0) is 55.3 Å². The van der Waals surface area contributed by atoms with Crippen molar-refractivity contribution in [1.29, 1.82) is 0 Å². The fourth-order valence-electron chi connectivity index (χ4n) is 2.77. The van der Waals surface area contributed by atoms with E-state index in [0.717, 1.165) is 16.8 Å². The number of benzene rings is 2. The van der Waals surface area contributed by atoms with Crippen LogP contribution in [0.2, 0.25) is 0 Å². The van der Waals surface area contributed by atoms with Crippen LogP contribution >= 0.6 is 0 Å². The minimum atomic E-state index is -0.293. The molecule has 0 atom stereocenters. The lowest BCUT2D eigenvalue weighted by molar-refractivity contribution is 0.0992. The lowest BCUT2D eigenvalue weighted by atomic mass is 10.1. The van der Waals surface area contributed by atoms with Gasteiger partial charge in [0.1, 0.15) is 18.1 Å². The van der Waals surface area contributed by atoms with Crippen LogP contribution in [0.15, 0.2) is 52.9 Å². The van der Waals surface area contributed by atoms with Crippen molar-refractivity contribution in [3.63, 3.8) is 0 Å². The van der Waals surface area contributed by atoms with Crippen molar-refractivity contribution < 1.29 is 23.4 Å². The Labute approximate surface area is 156 Å². The zero-order valence-corrected chi connectivity index (χ0v) is 15.1. The largest absolute Gasteiger partial charge is 0.486 e. The molecule has 2 heterocycles. The summed E-state index contributed by atoms with van der Waals surface area (Å²) < 4.78 is 21.9. The van der Waals surface area contributed by atoms with Crippen molar-refractivity contribution in [2.45, 2.75) is 20.5 Å². The number of fused-ring (bicyclic) bond motifs is 1. The monoisotopic (exact) mass is 365 g/mol. The molecule has 0 bridgehead atoms. The fourth-order valence-corrected chi connectivity index (χ4v) is 2.77. The van der Waals surface area contributed by atoms with E-state index in [2.05, 4.69) is 5.32 Å². The highest BCUT2D eigenvalue weighted by atomic mass is 16.7. The van der Waals surface area contributed by atoms with Gasteiger partial charge < -0.3 is 23.9 Å². The number of hydrogen-bond acceptors (Lipinski definition) is 5. The third-order valence-corrected chi connectivity index (χ3v) is 4.46. The van der Waals surface area contributed by atoms with Crippen LogP contribution in [0.4, 0.5) is 5.69 Å². The van der Waals surface area contributed by atoms with Crippen molar-refractivity contribution in [3.05, 3.63) is 71.2 Å². The van der Waals surface area contributed by atoms with Gasteiger partial charge in [0.2, 0.25) is 6.79 Å². The van der Waals surface area contributed by atoms with Crippen LogP contribution < -0.4 is 19.5 Å². The molecule has 138 valence electrons. The van der Waals surface area contributed by atoms with E-state index in [9.17, 15) is 4.79 Å². The number of hydrogen-bond donors (Lipinski definition) is 1. The van der Waals surface area contributed by atoms with E-state index in [1.165, 1.54) is 0 Å². The summed E-state index contributed by atoms with van der Waals surface area (Å²) in [5, 5.41) is 2.88. The Morgan fingerprint density at radius 2 is 1.93 bits per heavy atom. The van der Waals surface area contributed by atoms with Gasteiger partial charge >= 0.3 is 0 Å². The number of carbonyl (C=O) groups excluding carboxylic acids is 1. The third-order valence-electron chi connectivity index (χ3n) is 4.46. The number of rotatable bonds is 5. The molecule has 1 N–H and O–H groups in total.